The van der Waals surface area contributed by atoms with E-state index in [1.165, 1.54) is 32.4 Å². The van der Waals surface area contributed by atoms with Crippen molar-refractivity contribution in [3.63, 3.8) is 0 Å². The summed E-state index contributed by atoms with van der Waals surface area (Å²) in [5.41, 5.74) is 5.93. The third kappa shape index (κ3) is 3.28. The van der Waals surface area contributed by atoms with E-state index < -0.39 is 0 Å². The first-order valence-corrected chi connectivity index (χ1v) is 7.56. The van der Waals surface area contributed by atoms with Crippen molar-refractivity contribution in [2.24, 2.45) is 10.7 Å². The summed E-state index contributed by atoms with van der Waals surface area (Å²) in [6.45, 7) is 2.53. The maximum atomic E-state index is 5.93. The van der Waals surface area contributed by atoms with Gasteiger partial charge < -0.3 is 16.0 Å². The van der Waals surface area contributed by atoms with Gasteiger partial charge >= 0.3 is 0 Å². The minimum atomic E-state index is 0.373. The lowest BCUT2D eigenvalue weighted by Crippen LogP contribution is -2.49. The second-order valence-corrected chi connectivity index (χ2v) is 5.73. The maximum absolute atomic E-state index is 5.93. The van der Waals surface area contributed by atoms with Gasteiger partial charge in [0.05, 0.1) is 6.04 Å². The molecular weight excluding hydrogens is 250 g/mol. The lowest BCUT2D eigenvalue weighted by Gasteiger charge is -2.43. The molecule has 2 fully saturated rings. The maximum Gasteiger partial charge on any atom is 0.194 e. The molecule has 2 heterocycles. The van der Waals surface area contributed by atoms with Gasteiger partial charge in [-0.2, -0.15) is 0 Å². The number of hydrogen-bond donors (Lipinski definition) is 2. The second kappa shape index (κ2) is 6.22. The van der Waals surface area contributed by atoms with E-state index in [0.29, 0.717) is 12.0 Å². The van der Waals surface area contributed by atoms with E-state index in [0.717, 1.165) is 24.7 Å². The van der Waals surface area contributed by atoms with Crippen LogP contribution >= 0.6 is 0 Å². The van der Waals surface area contributed by atoms with Gasteiger partial charge in [0.15, 0.2) is 5.96 Å². The van der Waals surface area contributed by atoms with E-state index in [1.54, 1.807) is 6.20 Å². The second-order valence-electron chi connectivity index (χ2n) is 5.73. The van der Waals surface area contributed by atoms with Crippen LogP contribution in [0.25, 0.3) is 0 Å². The van der Waals surface area contributed by atoms with Gasteiger partial charge in [0, 0.05) is 12.2 Å². The van der Waals surface area contributed by atoms with Gasteiger partial charge in [0.25, 0.3) is 0 Å². The molecule has 3 rings (SSSR count). The Balaban J connectivity index is 1.46. The van der Waals surface area contributed by atoms with Crippen LogP contribution in [0.1, 0.15) is 32.1 Å². The van der Waals surface area contributed by atoms with Crippen molar-refractivity contribution in [3.05, 3.63) is 24.4 Å². The molecule has 1 saturated carbocycles. The predicted octanol–water partition coefficient (Wildman–Crippen LogP) is 1.83. The molecule has 0 atom stereocenters. The van der Waals surface area contributed by atoms with Crippen LogP contribution in [0.4, 0.5) is 5.82 Å². The molecule has 1 aromatic rings. The molecule has 0 spiro atoms. The Labute approximate surface area is 120 Å². The van der Waals surface area contributed by atoms with Crippen LogP contribution in [0.5, 0.6) is 0 Å². The number of hydrogen-bond acceptors (Lipinski definition) is 3. The van der Waals surface area contributed by atoms with Crippen LogP contribution in [0.15, 0.2) is 29.4 Å². The number of nitrogens with zero attached hydrogens (tertiary/aromatic N) is 3. The SMILES string of the molecule is NC(=NC1CC(N2CCCCC2)C1)Nc1ccccn1. The number of nitrogens with two attached hydrogens (primary N) is 1. The Morgan fingerprint density at radius 2 is 2.05 bits per heavy atom. The topological polar surface area (TPSA) is 66.5 Å². The predicted molar refractivity (Wildman–Crippen MR) is 81.7 cm³/mol. The molecule has 0 unspecified atom stereocenters. The summed E-state index contributed by atoms with van der Waals surface area (Å²) >= 11 is 0. The largest absolute Gasteiger partial charge is 0.370 e. The quantitative estimate of drug-likeness (QED) is 0.651. The number of piperidine rings is 1. The molecule has 1 saturated heterocycles. The monoisotopic (exact) mass is 273 g/mol. The summed E-state index contributed by atoms with van der Waals surface area (Å²) < 4.78 is 0. The van der Waals surface area contributed by atoms with E-state index in [2.05, 4.69) is 20.2 Å². The van der Waals surface area contributed by atoms with Crippen LogP contribution in [-0.2, 0) is 0 Å². The van der Waals surface area contributed by atoms with Gasteiger partial charge in [-0.25, -0.2) is 9.98 Å². The molecule has 3 N–H and O–H groups in total. The van der Waals surface area contributed by atoms with Gasteiger partial charge in [-0.1, -0.05) is 12.5 Å². The van der Waals surface area contributed by atoms with E-state index in [9.17, 15) is 0 Å². The Morgan fingerprint density at radius 3 is 2.75 bits per heavy atom. The number of rotatable bonds is 3. The van der Waals surface area contributed by atoms with E-state index >= 15 is 0 Å². The Bertz CT molecular complexity index is 447. The van der Waals surface area contributed by atoms with E-state index in [-0.39, 0.29) is 0 Å². The van der Waals surface area contributed by atoms with Crippen molar-refractivity contribution in [3.8, 4) is 0 Å². The first kappa shape index (κ1) is 13.4. The first-order valence-electron chi connectivity index (χ1n) is 7.56. The number of guanidine groups is 1. The van der Waals surface area contributed by atoms with Gasteiger partial charge in [-0.05, 0) is 50.9 Å². The fraction of sp³-hybridized carbons (Fsp3) is 0.600. The fourth-order valence-electron chi connectivity index (χ4n) is 3.04. The minimum Gasteiger partial charge on any atom is -0.370 e. The molecule has 1 aromatic heterocycles. The normalized spacial score (nSPS) is 27.9. The lowest BCUT2D eigenvalue weighted by molar-refractivity contribution is 0.0912. The van der Waals surface area contributed by atoms with Crippen molar-refractivity contribution in [2.45, 2.75) is 44.2 Å². The molecular formula is C15H23N5. The molecule has 0 amide bonds. The molecule has 2 aliphatic rings. The Hall–Kier alpha value is -1.62. The van der Waals surface area contributed by atoms with Gasteiger partial charge in [-0.15, -0.1) is 0 Å². The first-order chi connectivity index (χ1) is 9.81. The highest BCUT2D eigenvalue weighted by atomic mass is 15.2. The van der Waals surface area contributed by atoms with Gasteiger partial charge in [0.2, 0.25) is 0 Å². The third-order valence-electron chi connectivity index (χ3n) is 4.24. The van der Waals surface area contributed by atoms with Crippen LogP contribution in [-0.4, -0.2) is 41.0 Å². The highest BCUT2D eigenvalue weighted by Crippen LogP contribution is 2.30. The number of pyridine rings is 1. The molecule has 20 heavy (non-hydrogen) atoms. The number of likely N-dealkylation sites (tertiary alicyclic amines) is 1. The summed E-state index contributed by atoms with van der Waals surface area (Å²) in [5, 5.41) is 3.04. The zero-order valence-electron chi connectivity index (χ0n) is 11.8. The fourth-order valence-corrected chi connectivity index (χ4v) is 3.04. The molecule has 1 aliphatic heterocycles. The summed E-state index contributed by atoms with van der Waals surface area (Å²) in [4.78, 5) is 11.3. The van der Waals surface area contributed by atoms with E-state index in [4.69, 9.17) is 5.73 Å². The molecule has 5 heteroatoms. The van der Waals surface area contributed by atoms with Crippen LogP contribution in [0, 0.1) is 0 Å². The highest BCUT2D eigenvalue weighted by Gasteiger charge is 2.33. The highest BCUT2D eigenvalue weighted by molar-refractivity contribution is 5.91. The average molecular weight is 273 g/mol. The molecule has 5 nitrogen and oxygen atoms in total. The number of aromatic nitrogens is 1. The number of aliphatic imine (C=N–C) groups is 1. The smallest absolute Gasteiger partial charge is 0.194 e. The van der Waals surface area contributed by atoms with Crippen molar-refractivity contribution >= 4 is 11.8 Å². The summed E-state index contributed by atoms with van der Waals surface area (Å²) in [6.07, 6.45) is 8.13. The third-order valence-corrected chi connectivity index (χ3v) is 4.24. The molecule has 0 bridgehead atoms. The Morgan fingerprint density at radius 1 is 1.25 bits per heavy atom. The summed E-state index contributed by atoms with van der Waals surface area (Å²) in [5.74, 6) is 1.23. The van der Waals surface area contributed by atoms with E-state index in [1.807, 2.05) is 18.2 Å². The van der Waals surface area contributed by atoms with Crippen molar-refractivity contribution in [1.82, 2.24) is 9.88 Å². The molecule has 0 radical (unpaired) electrons. The average Bonchev–Trinajstić information content (AvgIpc) is 2.44. The Kier molecular flexibility index (Phi) is 4.16. The summed E-state index contributed by atoms with van der Waals surface area (Å²) in [7, 11) is 0. The van der Waals surface area contributed by atoms with Crippen LogP contribution in [0.3, 0.4) is 0 Å². The summed E-state index contributed by atoms with van der Waals surface area (Å²) in [6, 6.07) is 6.80. The standard InChI is InChI=1S/C15H23N5/c16-15(19-14-6-2-3-7-17-14)18-12-10-13(11-12)20-8-4-1-5-9-20/h2-3,6-7,12-13H,1,4-5,8-11H2,(H3,16,17,18,19). The van der Waals surface area contributed by atoms with Crippen LogP contribution < -0.4 is 11.1 Å². The molecule has 108 valence electrons. The van der Waals surface area contributed by atoms with Crippen molar-refractivity contribution in [2.75, 3.05) is 18.4 Å². The van der Waals surface area contributed by atoms with Crippen molar-refractivity contribution in [1.29, 1.82) is 0 Å². The lowest BCUT2D eigenvalue weighted by atomic mass is 9.85. The zero-order chi connectivity index (χ0) is 13.8. The van der Waals surface area contributed by atoms with Gasteiger partial charge in [-0.3, -0.25) is 0 Å². The molecule has 0 aromatic carbocycles. The van der Waals surface area contributed by atoms with Crippen molar-refractivity contribution < 1.29 is 0 Å². The van der Waals surface area contributed by atoms with Gasteiger partial charge in [0.1, 0.15) is 5.82 Å². The van der Waals surface area contributed by atoms with Crippen LogP contribution in [0.2, 0.25) is 0 Å². The zero-order valence-corrected chi connectivity index (χ0v) is 11.8. The molecule has 1 aliphatic carbocycles. The number of nitrogens with one attached hydrogen (secondary N) is 1. The number of anilines is 1. The minimum absolute atomic E-state index is 0.373.